The summed E-state index contributed by atoms with van der Waals surface area (Å²) in [5.41, 5.74) is 0.991. The third kappa shape index (κ3) is 3.28. The number of nitrogens with zero attached hydrogens (tertiary/aromatic N) is 3. The average Bonchev–Trinajstić information content (AvgIpc) is 2.67. The molecule has 90 valence electrons. The Morgan fingerprint density at radius 1 is 1.56 bits per heavy atom. The number of rotatable bonds is 7. The zero-order valence-electron chi connectivity index (χ0n) is 9.85. The fraction of sp³-hybridized carbons (Fsp3) is 0.818. The van der Waals surface area contributed by atoms with Gasteiger partial charge < -0.3 is 10.1 Å². The van der Waals surface area contributed by atoms with E-state index < -0.39 is 0 Å². The van der Waals surface area contributed by atoms with E-state index in [-0.39, 0.29) is 0 Å². The van der Waals surface area contributed by atoms with Crippen molar-refractivity contribution in [2.45, 2.75) is 45.4 Å². The summed E-state index contributed by atoms with van der Waals surface area (Å²) in [6, 6.07) is 0. The van der Waals surface area contributed by atoms with Crippen LogP contribution in [-0.2, 0) is 17.8 Å². The van der Waals surface area contributed by atoms with Gasteiger partial charge in [0.1, 0.15) is 0 Å². The SMILES string of the molecule is CCNCc1cn(CCOC2CCC2)nn1. The maximum atomic E-state index is 5.67. The number of hydrogen-bond acceptors (Lipinski definition) is 4. The molecular formula is C11H20N4O. The Labute approximate surface area is 96.2 Å². The molecule has 1 aliphatic carbocycles. The molecule has 2 rings (SSSR count). The van der Waals surface area contributed by atoms with E-state index >= 15 is 0 Å². The van der Waals surface area contributed by atoms with Gasteiger partial charge in [0.15, 0.2) is 0 Å². The molecule has 1 fully saturated rings. The molecule has 1 N–H and O–H groups in total. The van der Waals surface area contributed by atoms with Crippen LogP contribution in [0.1, 0.15) is 31.9 Å². The molecule has 0 bridgehead atoms. The number of hydrogen-bond donors (Lipinski definition) is 1. The highest BCUT2D eigenvalue weighted by atomic mass is 16.5. The molecule has 5 heteroatoms. The second-order valence-electron chi connectivity index (χ2n) is 4.18. The average molecular weight is 224 g/mol. The zero-order chi connectivity index (χ0) is 11.2. The summed E-state index contributed by atoms with van der Waals surface area (Å²) in [5, 5.41) is 11.4. The van der Waals surface area contributed by atoms with E-state index in [2.05, 4.69) is 22.6 Å². The molecule has 1 aromatic heterocycles. The highest BCUT2D eigenvalue weighted by Gasteiger charge is 2.17. The highest BCUT2D eigenvalue weighted by molar-refractivity contribution is 4.91. The molecule has 0 saturated heterocycles. The minimum atomic E-state index is 0.504. The Morgan fingerprint density at radius 3 is 3.12 bits per heavy atom. The Balaban J connectivity index is 1.65. The molecule has 0 amide bonds. The lowest BCUT2D eigenvalue weighted by Gasteiger charge is -2.25. The van der Waals surface area contributed by atoms with Gasteiger partial charge in [0.25, 0.3) is 0 Å². The standard InChI is InChI=1S/C11H20N4O/c1-2-12-8-10-9-15(14-13-10)6-7-16-11-4-3-5-11/h9,11-12H,2-8H2,1H3. The molecule has 0 atom stereocenters. The van der Waals surface area contributed by atoms with Crippen molar-refractivity contribution < 1.29 is 4.74 Å². The van der Waals surface area contributed by atoms with Crippen LogP contribution in [0.3, 0.4) is 0 Å². The van der Waals surface area contributed by atoms with E-state index in [9.17, 15) is 0 Å². The first-order valence-electron chi connectivity index (χ1n) is 6.10. The first-order chi connectivity index (χ1) is 7.88. The number of nitrogens with one attached hydrogen (secondary N) is 1. The summed E-state index contributed by atoms with van der Waals surface area (Å²) in [4.78, 5) is 0. The lowest BCUT2D eigenvalue weighted by atomic mass is 9.96. The van der Waals surface area contributed by atoms with Crippen LogP contribution in [0.15, 0.2) is 6.20 Å². The molecule has 5 nitrogen and oxygen atoms in total. The smallest absolute Gasteiger partial charge is 0.0964 e. The van der Waals surface area contributed by atoms with E-state index in [1.54, 1.807) is 0 Å². The van der Waals surface area contributed by atoms with Crippen molar-refractivity contribution in [3.63, 3.8) is 0 Å². The molecular weight excluding hydrogens is 204 g/mol. The maximum absolute atomic E-state index is 5.67. The highest BCUT2D eigenvalue weighted by Crippen LogP contribution is 2.21. The predicted molar refractivity (Wildman–Crippen MR) is 61.0 cm³/mol. The minimum absolute atomic E-state index is 0.504. The third-order valence-electron chi connectivity index (χ3n) is 2.87. The van der Waals surface area contributed by atoms with Crippen molar-refractivity contribution in [3.8, 4) is 0 Å². The van der Waals surface area contributed by atoms with E-state index in [4.69, 9.17) is 4.74 Å². The molecule has 1 aliphatic rings. The Kier molecular flexibility index (Phi) is 4.30. The molecule has 16 heavy (non-hydrogen) atoms. The molecule has 0 radical (unpaired) electrons. The van der Waals surface area contributed by atoms with Gasteiger partial charge in [-0.3, -0.25) is 0 Å². The van der Waals surface area contributed by atoms with Crippen LogP contribution < -0.4 is 5.32 Å². The predicted octanol–water partition coefficient (Wildman–Crippen LogP) is 0.957. The summed E-state index contributed by atoms with van der Waals surface area (Å²) >= 11 is 0. The van der Waals surface area contributed by atoms with Gasteiger partial charge in [-0.1, -0.05) is 12.1 Å². The first kappa shape index (κ1) is 11.5. The van der Waals surface area contributed by atoms with Gasteiger partial charge >= 0.3 is 0 Å². The largest absolute Gasteiger partial charge is 0.376 e. The summed E-state index contributed by atoms with van der Waals surface area (Å²) in [5.74, 6) is 0. The molecule has 0 spiro atoms. The van der Waals surface area contributed by atoms with Gasteiger partial charge in [0.05, 0.1) is 24.9 Å². The summed E-state index contributed by atoms with van der Waals surface area (Å²) in [6.45, 7) is 5.37. The van der Waals surface area contributed by atoms with Crippen molar-refractivity contribution in [2.75, 3.05) is 13.2 Å². The van der Waals surface area contributed by atoms with Crippen molar-refractivity contribution in [3.05, 3.63) is 11.9 Å². The monoisotopic (exact) mass is 224 g/mol. The zero-order valence-corrected chi connectivity index (χ0v) is 9.85. The molecule has 0 aliphatic heterocycles. The number of ether oxygens (including phenoxy) is 1. The Hall–Kier alpha value is -0.940. The fourth-order valence-electron chi connectivity index (χ4n) is 1.63. The fourth-order valence-corrected chi connectivity index (χ4v) is 1.63. The van der Waals surface area contributed by atoms with Crippen molar-refractivity contribution in [1.82, 2.24) is 20.3 Å². The van der Waals surface area contributed by atoms with Gasteiger partial charge in [-0.05, 0) is 25.8 Å². The van der Waals surface area contributed by atoms with Crippen LogP contribution in [0.25, 0.3) is 0 Å². The quantitative estimate of drug-likeness (QED) is 0.749. The van der Waals surface area contributed by atoms with Crippen molar-refractivity contribution >= 4 is 0 Å². The van der Waals surface area contributed by atoms with Gasteiger partial charge in [-0.25, -0.2) is 4.68 Å². The van der Waals surface area contributed by atoms with Crippen molar-refractivity contribution in [1.29, 1.82) is 0 Å². The topological polar surface area (TPSA) is 52.0 Å². The summed E-state index contributed by atoms with van der Waals surface area (Å²) in [6.07, 6.45) is 6.25. The molecule has 1 saturated carbocycles. The lowest BCUT2D eigenvalue weighted by molar-refractivity contribution is -0.00249. The molecule has 1 aromatic rings. The lowest BCUT2D eigenvalue weighted by Crippen LogP contribution is -2.23. The van der Waals surface area contributed by atoms with Crippen LogP contribution in [0.4, 0.5) is 0 Å². The van der Waals surface area contributed by atoms with Gasteiger partial charge in [0.2, 0.25) is 0 Å². The van der Waals surface area contributed by atoms with E-state index in [1.165, 1.54) is 19.3 Å². The normalized spacial score (nSPS) is 16.3. The second kappa shape index (κ2) is 5.96. The van der Waals surface area contributed by atoms with Gasteiger partial charge in [0, 0.05) is 12.7 Å². The first-order valence-corrected chi connectivity index (χ1v) is 6.10. The van der Waals surface area contributed by atoms with Crippen LogP contribution in [-0.4, -0.2) is 34.2 Å². The van der Waals surface area contributed by atoms with Crippen LogP contribution in [0.5, 0.6) is 0 Å². The van der Waals surface area contributed by atoms with Gasteiger partial charge in [-0.15, -0.1) is 5.10 Å². The van der Waals surface area contributed by atoms with E-state index in [0.717, 1.165) is 31.9 Å². The van der Waals surface area contributed by atoms with Crippen LogP contribution >= 0.6 is 0 Å². The molecule has 0 unspecified atom stereocenters. The minimum Gasteiger partial charge on any atom is -0.376 e. The summed E-state index contributed by atoms with van der Waals surface area (Å²) in [7, 11) is 0. The maximum Gasteiger partial charge on any atom is 0.0964 e. The van der Waals surface area contributed by atoms with Crippen molar-refractivity contribution in [2.24, 2.45) is 0 Å². The Morgan fingerprint density at radius 2 is 2.44 bits per heavy atom. The molecule has 0 aromatic carbocycles. The Bertz CT molecular complexity index is 309. The molecule has 1 heterocycles. The summed E-state index contributed by atoms with van der Waals surface area (Å²) < 4.78 is 7.52. The van der Waals surface area contributed by atoms with E-state index in [0.29, 0.717) is 6.10 Å². The van der Waals surface area contributed by atoms with Crippen LogP contribution in [0.2, 0.25) is 0 Å². The number of aromatic nitrogens is 3. The third-order valence-corrected chi connectivity index (χ3v) is 2.87. The van der Waals surface area contributed by atoms with Gasteiger partial charge in [-0.2, -0.15) is 0 Å². The van der Waals surface area contributed by atoms with E-state index in [1.807, 2.05) is 10.9 Å². The van der Waals surface area contributed by atoms with Crippen LogP contribution in [0, 0.1) is 0 Å². The second-order valence-corrected chi connectivity index (χ2v) is 4.18.